The first kappa shape index (κ1) is 30.1. The Balaban J connectivity index is 1.94. The van der Waals surface area contributed by atoms with E-state index in [2.05, 4.69) is 20.1 Å². The summed E-state index contributed by atoms with van der Waals surface area (Å²) in [7, 11) is -4.54. The van der Waals surface area contributed by atoms with Gasteiger partial charge in [0, 0.05) is 11.1 Å². The van der Waals surface area contributed by atoms with Crippen molar-refractivity contribution < 1.29 is 38.1 Å². The minimum Gasteiger partial charge on any atom is -0.462 e. The second-order valence-corrected chi connectivity index (χ2v) is 11.0. The highest BCUT2D eigenvalue weighted by molar-refractivity contribution is 7.52. The largest absolute Gasteiger partial charge is 0.462 e. The molecule has 0 aliphatic carbocycles. The Morgan fingerprint density at radius 1 is 1.36 bits per heavy atom. The monoisotopic (exact) mass is 567 g/mol. The molecule has 5 atom stereocenters. The van der Waals surface area contributed by atoms with E-state index in [9.17, 15) is 29.9 Å². The number of nitrogens with two attached hydrogens (primary N) is 1. The van der Waals surface area contributed by atoms with Gasteiger partial charge in [0.2, 0.25) is 5.72 Å². The van der Waals surface area contributed by atoms with Crippen molar-refractivity contribution >= 4 is 19.5 Å². The number of para-hydroxylation sites is 1. The number of aliphatic hydroxyl groups excluding tert-OH is 2. The molecule has 17 heteroatoms. The highest BCUT2D eigenvalue weighted by Gasteiger charge is 2.57. The van der Waals surface area contributed by atoms with E-state index >= 15 is 0 Å². The summed E-state index contributed by atoms with van der Waals surface area (Å²) in [4.78, 5) is 31.2. The fourth-order valence-corrected chi connectivity index (χ4v) is 5.24. The van der Waals surface area contributed by atoms with Crippen molar-refractivity contribution in [2.45, 2.75) is 63.5 Å². The van der Waals surface area contributed by atoms with Crippen LogP contribution < -0.4 is 21.0 Å². The van der Waals surface area contributed by atoms with Crippen LogP contribution in [-0.2, 0) is 23.4 Å². The van der Waals surface area contributed by atoms with Gasteiger partial charge >= 0.3 is 19.4 Å². The number of anilines is 1. The third kappa shape index (κ3) is 6.94. The van der Waals surface area contributed by atoms with Crippen molar-refractivity contribution in [2.75, 3.05) is 12.3 Å². The lowest BCUT2D eigenvalue weighted by Crippen LogP contribution is -2.49. The zero-order valence-corrected chi connectivity index (χ0v) is 22.5. The van der Waals surface area contributed by atoms with Gasteiger partial charge in [0.15, 0.2) is 6.23 Å². The Hall–Kier alpha value is -3.49. The van der Waals surface area contributed by atoms with Crippen LogP contribution in [0.3, 0.4) is 0 Å². The Morgan fingerprint density at radius 2 is 2.03 bits per heavy atom. The van der Waals surface area contributed by atoms with E-state index in [1.165, 1.54) is 32.0 Å². The summed E-state index contributed by atoms with van der Waals surface area (Å²) in [5.41, 5.74) is 9.78. The Kier molecular flexibility index (Phi) is 9.03. The predicted octanol–water partition coefficient (Wildman–Crippen LogP) is 1.61. The number of carbonyl (C=O) groups excluding carboxylic acids is 1. The standard InChI is InChI=1S/C22H30N7O9P/c1-13(2)36-19(32)21(3,4)27-39(34,38-14-8-6-5-7-9-14)35-12-22(26-28-24)17(31)16(30)18(37-22)29-11-10-15(23)25-20(29)33/h5-11,13,16-18,30-31H,12H2,1-4H3,(H,27,34)(H2,23,25,33)/t16-,17+,18-,22?,39?/m1/s1. The van der Waals surface area contributed by atoms with Crippen LogP contribution in [0.4, 0.5) is 5.82 Å². The van der Waals surface area contributed by atoms with Gasteiger partial charge in [-0.25, -0.2) is 9.36 Å². The minimum atomic E-state index is -4.54. The van der Waals surface area contributed by atoms with Gasteiger partial charge in [0.1, 0.15) is 29.3 Å². The van der Waals surface area contributed by atoms with Crippen molar-refractivity contribution in [1.82, 2.24) is 14.6 Å². The van der Waals surface area contributed by atoms with Crippen molar-refractivity contribution in [1.29, 1.82) is 0 Å². The SMILES string of the molecule is CC(C)OC(=O)C(C)(C)NP(=O)(OCC1(N=[N+]=[N-])O[C@@H](n2ccc(N)nc2=O)[C@H](O)[C@@H]1O)Oc1ccccc1. The molecule has 1 aromatic heterocycles. The average Bonchev–Trinajstić information content (AvgIpc) is 3.08. The maximum Gasteiger partial charge on any atom is 0.459 e. The number of benzene rings is 1. The molecule has 0 bridgehead atoms. The predicted molar refractivity (Wildman–Crippen MR) is 136 cm³/mol. The molecule has 0 saturated carbocycles. The maximum absolute atomic E-state index is 13.9. The molecule has 1 aromatic carbocycles. The van der Waals surface area contributed by atoms with Gasteiger partial charge in [-0.3, -0.25) is 13.9 Å². The zero-order valence-electron chi connectivity index (χ0n) is 21.6. The molecule has 2 unspecified atom stereocenters. The van der Waals surface area contributed by atoms with E-state index in [0.717, 1.165) is 10.8 Å². The fourth-order valence-electron chi connectivity index (χ4n) is 3.55. The van der Waals surface area contributed by atoms with Crippen molar-refractivity contribution in [3.63, 3.8) is 0 Å². The fraction of sp³-hybridized carbons (Fsp3) is 0.500. The molecule has 2 aromatic rings. The number of hydrogen-bond acceptors (Lipinski definition) is 12. The molecule has 16 nitrogen and oxygen atoms in total. The van der Waals surface area contributed by atoms with E-state index in [1.54, 1.807) is 32.0 Å². The number of nitrogens with zero attached hydrogens (tertiary/aromatic N) is 5. The molecular formula is C22H30N7O9P. The van der Waals surface area contributed by atoms with Crippen LogP contribution >= 0.6 is 7.75 Å². The van der Waals surface area contributed by atoms with E-state index < -0.39 is 61.8 Å². The smallest absolute Gasteiger partial charge is 0.459 e. The van der Waals surface area contributed by atoms with Crippen LogP contribution in [0.5, 0.6) is 5.75 Å². The van der Waals surface area contributed by atoms with Gasteiger partial charge < -0.3 is 29.9 Å². The van der Waals surface area contributed by atoms with E-state index in [-0.39, 0.29) is 11.6 Å². The molecule has 212 valence electrons. The summed E-state index contributed by atoms with van der Waals surface area (Å²) in [5.74, 6) is -0.785. The number of nitrogens with one attached hydrogen (secondary N) is 1. The number of carbonyl (C=O) groups is 1. The second kappa shape index (κ2) is 11.7. The molecule has 0 spiro atoms. The van der Waals surface area contributed by atoms with Crippen molar-refractivity contribution in [3.05, 3.63) is 63.5 Å². The maximum atomic E-state index is 13.9. The molecule has 2 heterocycles. The number of nitrogen functional groups attached to an aromatic ring is 1. The molecule has 0 amide bonds. The molecule has 1 aliphatic heterocycles. The highest BCUT2D eigenvalue weighted by Crippen LogP contribution is 2.49. The molecule has 3 rings (SSSR count). The van der Waals surface area contributed by atoms with Crippen molar-refractivity contribution in [3.8, 4) is 5.75 Å². The third-order valence-electron chi connectivity index (χ3n) is 5.42. The van der Waals surface area contributed by atoms with Crippen LogP contribution in [0.15, 0.2) is 52.5 Å². The first-order valence-corrected chi connectivity index (χ1v) is 13.2. The molecule has 5 N–H and O–H groups in total. The van der Waals surface area contributed by atoms with E-state index in [0.29, 0.717) is 0 Å². The molecule has 1 fully saturated rings. The Morgan fingerprint density at radius 3 is 2.62 bits per heavy atom. The van der Waals surface area contributed by atoms with Crippen LogP contribution in [0.2, 0.25) is 0 Å². The summed E-state index contributed by atoms with van der Waals surface area (Å²) in [6, 6.07) is 9.08. The molecule has 1 saturated heterocycles. The van der Waals surface area contributed by atoms with E-state index in [4.69, 9.17) is 24.3 Å². The lowest BCUT2D eigenvalue weighted by atomic mass is 10.1. The van der Waals surface area contributed by atoms with Gasteiger partial charge in [-0.2, -0.15) is 10.1 Å². The zero-order chi connectivity index (χ0) is 29.0. The Labute approximate surface area is 222 Å². The van der Waals surface area contributed by atoms with Gasteiger partial charge in [-0.15, -0.1) is 0 Å². The number of aliphatic hydroxyl groups is 2. The number of aromatic nitrogens is 2. The minimum absolute atomic E-state index is 0.0875. The summed E-state index contributed by atoms with van der Waals surface area (Å²) in [6.07, 6.45) is -4.69. The summed E-state index contributed by atoms with van der Waals surface area (Å²) < 4.78 is 36.8. The number of hydrogen-bond donors (Lipinski definition) is 4. The first-order chi connectivity index (χ1) is 18.2. The molecule has 1 aliphatic rings. The third-order valence-corrected chi connectivity index (χ3v) is 7.17. The van der Waals surface area contributed by atoms with Gasteiger partial charge in [0.05, 0.1) is 12.7 Å². The van der Waals surface area contributed by atoms with Crippen molar-refractivity contribution in [2.24, 2.45) is 5.11 Å². The normalized spacial score (nSPS) is 24.5. The Bertz CT molecular complexity index is 1330. The summed E-state index contributed by atoms with van der Waals surface area (Å²) >= 11 is 0. The number of rotatable bonds is 11. The topological polar surface area (TPSA) is 233 Å². The van der Waals surface area contributed by atoms with Crippen LogP contribution in [0.25, 0.3) is 10.4 Å². The second-order valence-electron chi connectivity index (χ2n) is 9.39. The van der Waals surface area contributed by atoms with Crippen LogP contribution in [-0.4, -0.2) is 61.9 Å². The summed E-state index contributed by atoms with van der Waals surface area (Å²) in [5, 5.41) is 27.5. The molecule has 39 heavy (non-hydrogen) atoms. The van der Waals surface area contributed by atoms with E-state index in [1.807, 2.05) is 0 Å². The lowest BCUT2D eigenvalue weighted by molar-refractivity contribution is -0.153. The number of ether oxygens (including phenoxy) is 2. The number of esters is 1. The first-order valence-electron chi connectivity index (χ1n) is 11.7. The number of azide groups is 1. The van der Waals surface area contributed by atoms with Crippen LogP contribution in [0.1, 0.15) is 33.9 Å². The summed E-state index contributed by atoms with van der Waals surface area (Å²) in [6.45, 7) is 5.08. The van der Waals surface area contributed by atoms with Gasteiger partial charge in [-0.1, -0.05) is 23.3 Å². The average molecular weight is 567 g/mol. The lowest BCUT2D eigenvalue weighted by Gasteiger charge is -2.32. The van der Waals surface area contributed by atoms with Crippen LogP contribution in [0, 0.1) is 0 Å². The highest BCUT2D eigenvalue weighted by atomic mass is 31.2. The van der Waals surface area contributed by atoms with Gasteiger partial charge in [0.25, 0.3) is 0 Å². The molecular weight excluding hydrogens is 537 g/mol. The quantitative estimate of drug-likeness (QED) is 0.0996. The molecule has 0 radical (unpaired) electrons. The van der Waals surface area contributed by atoms with Gasteiger partial charge in [-0.05, 0) is 51.4 Å².